The van der Waals surface area contributed by atoms with Crippen LogP contribution in [0.3, 0.4) is 0 Å². The zero-order chi connectivity index (χ0) is 17.8. The van der Waals surface area contributed by atoms with Crippen molar-refractivity contribution in [2.24, 2.45) is 10.1 Å². The zero-order valence-corrected chi connectivity index (χ0v) is 15.5. The van der Waals surface area contributed by atoms with Crippen molar-refractivity contribution in [2.75, 3.05) is 13.2 Å². The van der Waals surface area contributed by atoms with E-state index in [2.05, 4.69) is 22.6 Å². The summed E-state index contributed by atoms with van der Waals surface area (Å²) in [5.41, 5.74) is 2.12. The summed E-state index contributed by atoms with van der Waals surface area (Å²) in [4.78, 5) is 5.62. The minimum atomic E-state index is 0.224. The lowest BCUT2D eigenvalue weighted by molar-refractivity contribution is 0.117. The number of aryl methyl sites for hydroxylation is 1. The summed E-state index contributed by atoms with van der Waals surface area (Å²) in [5, 5.41) is 6.74. The number of hydrogen-bond donors (Lipinski definition) is 0. The maximum atomic E-state index is 5.69. The van der Waals surface area contributed by atoms with Gasteiger partial charge < -0.3 is 9.15 Å². The normalized spacial score (nSPS) is 18.2. The largest absolute Gasteiger partial charge is 0.460 e. The molecule has 1 aliphatic heterocycles. The second-order valence-corrected chi connectivity index (χ2v) is 7.09. The third kappa shape index (κ3) is 3.86. The van der Waals surface area contributed by atoms with E-state index < -0.39 is 0 Å². The van der Waals surface area contributed by atoms with Gasteiger partial charge in [-0.3, -0.25) is 4.99 Å². The fourth-order valence-electron chi connectivity index (χ4n) is 2.93. The van der Waals surface area contributed by atoms with Crippen LogP contribution in [-0.4, -0.2) is 30.1 Å². The Balaban J connectivity index is 1.70. The van der Waals surface area contributed by atoms with Crippen molar-refractivity contribution in [2.45, 2.75) is 25.9 Å². The van der Waals surface area contributed by atoms with Gasteiger partial charge in [-0.15, -0.1) is 11.3 Å². The Morgan fingerprint density at radius 2 is 2.12 bits per heavy atom. The molecule has 2 aromatic heterocycles. The van der Waals surface area contributed by atoms with Gasteiger partial charge in [-0.1, -0.05) is 30.3 Å². The highest BCUT2D eigenvalue weighted by Gasteiger charge is 2.15. The average Bonchev–Trinajstić information content (AvgIpc) is 3.40. The molecule has 0 unspecified atom stereocenters. The van der Waals surface area contributed by atoms with E-state index in [1.807, 2.05) is 41.9 Å². The average molecular weight is 367 g/mol. The monoisotopic (exact) mass is 367 g/mol. The number of rotatable bonds is 5. The summed E-state index contributed by atoms with van der Waals surface area (Å²) in [6.07, 6.45) is 4.16. The summed E-state index contributed by atoms with van der Waals surface area (Å²) in [7, 11) is 0. The summed E-state index contributed by atoms with van der Waals surface area (Å²) >= 11 is 1.59. The molecule has 1 atom stereocenters. The Hall–Kier alpha value is -2.44. The lowest BCUT2D eigenvalue weighted by Crippen LogP contribution is -2.17. The Labute approximate surface area is 156 Å². The van der Waals surface area contributed by atoms with Crippen molar-refractivity contribution < 1.29 is 9.15 Å². The van der Waals surface area contributed by atoms with E-state index in [-0.39, 0.29) is 6.10 Å². The first-order valence-electron chi connectivity index (χ1n) is 8.78. The first-order valence-corrected chi connectivity index (χ1v) is 9.66. The van der Waals surface area contributed by atoms with Crippen LogP contribution in [0.15, 0.2) is 62.4 Å². The van der Waals surface area contributed by atoms with Crippen LogP contribution in [0.4, 0.5) is 0 Å². The van der Waals surface area contributed by atoms with Crippen molar-refractivity contribution in [1.82, 2.24) is 4.68 Å². The van der Waals surface area contributed by atoms with Crippen molar-refractivity contribution >= 4 is 17.6 Å². The van der Waals surface area contributed by atoms with E-state index in [0.29, 0.717) is 6.54 Å². The zero-order valence-electron chi connectivity index (χ0n) is 14.7. The van der Waals surface area contributed by atoms with Crippen LogP contribution in [0.1, 0.15) is 24.4 Å². The molecule has 1 saturated heterocycles. The quantitative estimate of drug-likeness (QED) is 0.638. The predicted molar refractivity (Wildman–Crippen MR) is 104 cm³/mol. The van der Waals surface area contributed by atoms with Crippen LogP contribution in [0, 0.1) is 6.92 Å². The van der Waals surface area contributed by atoms with Crippen LogP contribution in [0.25, 0.3) is 11.3 Å². The van der Waals surface area contributed by atoms with Crippen molar-refractivity contribution in [3.63, 3.8) is 0 Å². The maximum Gasteiger partial charge on any atom is 0.206 e. The standard InChI is InChI=1S/C20H21N3O2S/c1-15-9-10-18(25-15)13-22-23-19(16-6-3-2-4-7-16)14-26-20(23)21-12-17-8-5-11-24-17/h2-4,6-7,9-10,13-14,17H,5,8,11-12H2,1H3/b21-20?,22-13-/t17-/m0/s1. The van der Waals surface area contributed by atoms with Gasteiger partial charge in [0.25, 0.3) is 0 Å². The van der Waals surface area contributed by atoms with Crippen LogP contribution in [0.2, 0.25) is 0 Å². The molecule has 3 heterocycles. The number of hydrogen-bond acceptors (Lipinski definition) is 5. The van der Waals surface area contributed by atoms with Crippen LogP contribution in [-0.2, 0) is 4.74 Å². The molecule has 3 aromatic rings. The third-order valence-corrected chi connectivity index (χ3v) is 5.12. The Bertz CT molecular complexity index is 947. The molecule has 0 aliphatic carbocycles. The fourth-order valence-corrected chi connectivity index (χ4v) is 3.78. The molecule has 0 bridgehead atoms. The molecule has 0 saturated carbocycles. The SMILES string of the molecule is Cc1ccc(/C=N\n2c(-c3ccccc3)csc2=NC[C@@H]2CCCO2)o1. The second-order valence-electron chi connectivity index (χ2n) is 6.25. The molecule has 0 spiro atoms. The van der Waals surface area contributed by atoms with E-state index in [9.17, 15) is 0 Å². The van der Waals surface area contributed by atoms with Gasteiger partial charge in [0.05, 0.1) is 24.6 Å². The third-order valence-electron chi connectivity index (χ3n) is 4.27. The van der Waals surface area contributed by atoms with Gasteiger partial charge in [0.2, 0.25) is 4.80 Å². The molecule has 5 nitrogen and oxygen atoms in total. The van der Waals surface area contributed by atoms with E-state index in [1.54, 1.807) is 17.6 Å². The van der Waals surface area contributed by atoms with Gasteiger partial charge in [0.1, 0.15) is 11.5 Å². The Kier molecular flexibility index (Phi) is 5.13. The van der Waals surface area contributed by atoms with Gasteiger partial charge in [-0.05, 0) is 31.9 Å². The first-order chi connectivity index (χ1) is 12.8. The first kappa shape index (κ1) is 17.0. The van der Waals surface area contributed by atoms with E-state index in [0.717, 1.165) is 47.0 Å². The highest BCUT2D eigenvalue weighted by atomic mass is 32.1. The number of ether oxygens (including phenoxy) is 1. The number of benzene rings is 1. The number of thiazole rings is 1. The molecule has 6 heteroatoms. The molecule has 26 heavy (non-hydrogen) atoms. The summed E-state index contributed by atoms with van der Waals surface area (Å²) in [6, 6.07) is 14.1. The highest BCUT2D eigenvalue weighted by Crippen LogP contribution is 2.20. The van der Waals surface area contributed by atoms with Crippen LogP contribution < -0.4 is 4.80 Å². The van der Waals surface area contributed by atoms with Gasteiger partial charge in [-0.25, -0.2) is 4.68 Å². The van der Waals surface area contributed by atoms with Gasteiger partial charge >= 0.3 is 0 Å². The summed E-state index contributed by atoms with van der Waals surface area (Å²) in [6.45, 7) is 3.44. The van der Waals surface area contributed by atoms with Crippen molar-refractivity contribution in [1.29, 1.82) is 0 Å². The summed E-state index contributed by atoms with van der Waals surface area (Å²) < 4.78 is 13.2. The molecule has 134 valence electrons. The Morgan fingerprint density at radius 1 is 1.23 bits per heavy atom. The predicted octanol–water partition coefficient (Wildman–Crippen LogP) is 4.08. The number of aromatic nitrogens is 1. The van der Waals surface area contributed by atoms with E-state index in [1.165, 1.54) is 0 Å². The number of nitrogens with zero attached hydrogens (tertiary/aromatic N) is 3. The fraction of sp³-hybridized carbons (Fsp3) is 0.300. The smallest absolute Gasteiger partial charge is 0.206 e. The van der Waals surface area contributed by atoms with E-state index >= 15 is 0 Å². The molecule has 1 aromatic carbocycles. The molecule has 0 amide bonds. The van der Waals surface area contributed by atoms with Gasteiger partial charge in [0, 0.05) is 17.6 Å². The van der Waals surface area contributed by atoms with Crippen molar-refractivity contribution in [3.8, 4) is 11.3 Å². The van der Waals surface area contributed by atoms with Crippen LogP contribution >= 0.6 is 11.3 Å². The van der Waals surface area contributed by atoms with Crippen LogP contribution in [0.5, 0.6) is 0 Å². The summed E-state index contributed by atoms with van der Waals surface area (Å²) in [5.74, 6) is 1.60. The van der Waals surface area contributed by atoms with Crippen molar-refractivity contribution in [3.05, 3.63) is 64.2 Å². The molecular formula is C20H21N3O2S. The lowest BCUT2D eigenvalue weighted by Gasteiger charge is -2.05. The minimum Gasteiger partial charge on any atom is -0.460 e. The topological polar surface area (TPSA) is 52.0 Å². The van der Waals surface area contributed by atoms with Gasteiger partial charge in [0.15, 0.2) is 0 Å². The molecule has 1 aliphatic rings. The highest BCUT2D eigenvalue weighted by molar-refractivity contribution is 7.07. The molecule has 0 N–H and O–H groups in total. The molecule has 1 fully saturated rings. The number of furan rings is 1. The Morgan fingerprint density at radius 3 is 2.85 bits per heavy atom. The maximum absolute atomic E-state index is 5.69. The molecule has 0 radical (unpaired) electrons. The molecule has 4 rings (SSSR count). The van der Waals surface area contributed by atoms with E-state index in [4.69, 9.17) is 14.1 Å². The van der Waals surface area contributed by atoms with Gasteiger partial charge in [-0.2, -0.15) is 5.10 Å². The molecular weight excluding hydrogens is 346 g/mol. The lowest BCUT2D eigenvalue weighted by atomic mass is 10.2. The minimum absolute atomic E-state index is 0.224. The second kappa shape index (κ2) is 7.85.